The Balaban J connectivity index is 2.20. The van der Waals surface area contributed by atoms with E-state index in [2.05, 4.69) is 24.1 Å². The van der Waals surface area contributed by atoms with Crippen LogP contribution in [0.5, 0.6) is 0 Å². The lowest BCUT2D eigenvalue weighted by atomic mass is 10.2. The van der Waals surface area contributed by atoms with E-state index in [0.29, 0.717) is 0 Å². The van der Waals surface area contributed by atoms with Crippen molar-refractivity contribution in [1.29, 1.82) is 0 Å². The molecule has 0 aliphatic rings. The van der Waals surface area contributed by atoms with Crippen molar-refractivity contribution in [3.05, 3.63) is 42.0 Å². The summed E-state index contributed by atoms with van der Waals surface area (Å²) < 4.78 is 0. The second-order valence-corrected chi connectivity index (χ2v) is 4.42. The maximum atomic E-state index is 11.6. The van der Waals surface area contributed by atoms with Gasteiger partial charge in [-0.05, 0) is 37.7 Å². The van der Waals surface area contributed by atoms with Gasteiger partial charge in [0, 0.05) is 12.6 Å². The van der Waals surface area contributed by atoms with E-state index in [9.17, 15) is 4.79 Å². The predicted molar refractivity (Wildman–Crippen MR) is 80.9 cm³/mol. The Labute approximate surface area is 116 Å². The van der Waals surface area contributed by atoms with Crippen LogP contribution in [0.15, 0.2) is 36.4 Å². The highest BCUT2D eigenvalue weighted by atomic mass is 16.1. The van der Waals surface area contributed by atoms with Gasteiger partial charge in [0.15, 0.2) is 0 Å². The van der Waals surface area contributed by atoms with Crippen LogP contribution < -0.4 is 5.32 Å². The molecular formula is C16H24N2O. The van der Waals surface area contributed by atoms with E-state index >= 15 is 0 Å². The van der Waals surface area contributed by atoms with Crippen molar-refractivity contribution in [3.8, 4) is 0 Å². The molecule has 0 bridgehead atoms. The summed E-state index contributed by atoms with van der Waals surface area (Å²) in [6.45, 7) is 8.22. The third-order valence-electron chi connectivity index (χ3n) is 3.07. The number of hydrogen-bond donors (Lipinski definition) is 1. The van der Waals surface area contributed by atoms with Gasteiger partial charge in [0.1, 0.15) is 0 Å². The van der Waals surface area contributed by atoms with Crippen LogP contribution in [0, 0.1) is 0 Å². The van der Waals surface area contributed by atoms with E-state index in [1.165, 1.54) is 0 Å². The molecule has 0 fully saturated rings. The number of nitrogens with one attached hydrogen (secondary N) is 1. The maximum absolute atomic E-state index is 11.6. The monoisotopic (exact) mass is 260 g/mol. The summed E-state index contributed by atoms with van der Waals surface area (Å²) in [5, 5.41) is 2.90. The highest BCUT2D eigenvalue weighted by Gasteiger charge is 1.99. The van der Waals surface area contributed by atoms with Gasteiger partial charge < -0.3 is 10.2 Å². The van der Waals surface area contributed by atoms with Crippen LogP contribution in [-0.4, -0.2) is 37.0 Å². The molecular weight excluding hydrogens is 236 g/mol. The molecule has 19 heavy (non-hydrogen) atoms. The lowest BCUT2D eigenvalue weighted by Crippen LogP contribution is -2.29. The number of benzene rings is 1. The Morgan fingerprint density at radius 3 is 2.53 bits per heavy atom. The lowest BCUT2D eigenvalue weighted by Gasteiger charge is -2.17. The van der Waals surface area contributed by atoms with Gasteiger partial charge in [-0.25, -0.2) is 0 Å². The van der Waals surface area contributed by atoms with Crippen LogP contribution in [0.25, 0.3) is 6.08 Å². The van der Waals surface area contributed by atoms with Gasteiger partial charge in [0.25, 0.3) is 0 Å². The fourth-order valence-electron chi connectivity index (χ4n) is 1.85. The molecule has 1 N–H and O–H groups in total. The molecule has 0 saturated heterocycles. The van der Waals surface area contributed by atoms with Gasteiger partial charge in [-0.15, -0.1) is 0 Å². The van der Waals surface area contributed by atoms with E-state index in [-0.39, 0.29) is 5.91 Å². The SMILES string of the molecule is CCN(CC)CCCNC(=O)C=Cc1ccccc1. The molecule has 0 saturated carbocycles. The van der Waals surface area contributed by atoms with Crippen LogP contribution >= 0.6 is 0 Å². The number of hydrogen-bond acceptors (Lipinski definition) is 2. The third-order valence-corrected chi connectivity index (χ3v) is 3.07. The Morgan fingerprint density at radius 2 is 1.89 bits per heavy atom. The molecule has 0 heterocycles. The van der Waals surface area contributed by atoms with Gasteiger partial charge in [-0.3, -0.25) is 4.79 Å². The Hall–Kier alpha value is -1.61. The first-order valence-electron chi connectivity index (χ1n) is 6.99. The van der Waals surface area contributed by atoms with Crippen molar-refractivity contribution in [3.63, 3.8) is 0 Å². The van der Waals surface area contributed by atoms with E-state index < -0.39 is 0 Å². The molecule has 3 nitrogen and oxygen atoms in total. The first-order valence-corrected chi connectivity index (χ1v) is 6.99. The lowest BCUT2D eigenvalue weighted by molar-refractivity contribution is -0.116. The zero-order valence-electron chi connectivity index (χ0n) is 11.9. The molecule has 0 aliphatic carbocycles. The van der Waals surface area contributed by atoms with Crippen LogP contribution in [-0.2, 0) is 4.79 Å². The molecule has 1 rings (SSSR count). The minimum Gasteiger partial charge on any atom is -0.353 e. The summed E-state index contributed by atoms with van der Waals surface area (Å²) in [5.74, 6) is -0.0246. The maximum Gasteiger partial charge on any atom is 0.243 e. The Kier molecular flexibility index (Phi) is 7.59. The third kappa shape index (κ3) is 6.77. The predicted octanol–water partition coefficient (Wildman–Crippen LogP) is 2.55. The Bertz CT molecular complexity index is 383. The minimum atomic E-state index is -0.0246. The zero-order valence-corrected chi connectivity index (χ0v) is 11.9. The van der Waals surface area contributed by atoms with Crippen LogP contribution in [0.1, 0.15) is 25.8 Å². The standard InChI is InChI=1S/C16H24N2O/c1-3-18(4-2)14-8-13-17-16(19)12-11-15-9-6-5-7-10-15/h5-7,9-12H,3-4,8,13-14H2,1-2H3,(H,17,19). The number of carbonyl (C=O) groups excluding carboxylic acids is 1. The van der Waals surface area contributed by atoms with E-state index in [4.69, 9.17) is 0 Å². The summed E-state index contributed by atoms with van der Waals surface area (Å²) in [6.07, 6.45) is 4.42. The van der Waals surface area contributed by atoms with Gasteiger partial charge in [0.2, 0.25) is 5.91 Å². The van der Waals surface area contributed by atoms with E-state index in [1.54, 1.807) is 6.08 Å². The molecule has 1 amide bonds. The second-order valence-electron chi connectivity index (χ2n) is 4.42. The molecule has 104 valence electrons. The molecule has 0 aliphatic heterocycles. The molecule has 3 heteroatoms. The highest BCUT2D eigenvalue weighted by molar-refractivity contribution is 5.91. The number of carbonyl (C=O) groups is 1. The largest absolute Gasteiger partial charge is 0.353 e. The van der Waals surface area contributed by atoms with E-state index in [1.807, 2.05) is 36.4 Å². The summed E-state index contributed by atoms with van der Waals surface area (Å²) in [4.78, 5) is 13.9. The molecule has 0 radical (unpaired) electrons. The fraction of sp³-hybridized carbons (Fsp3) is 0.438. The van der Waals surface area contributed by atoms with Gasteiger partial charge in [0.05, 0.1) is 0 Å². The molecule has 0 aromatic heterocycles. The van der Waals surface area contributed by atoms with Crippen molar-refractivity contribution in [2.24, 2.45) is 0 Å². The zero-order chi connectivity index (χ0) is 13.9. The topological polar surface area (TPSA) is 32.3 Å². The van der Waals surface area contributed by atoms with Crippen molar-refractivity contribution in [2.75, 3.05) is 26.2 Å². The van der Waals surface area contributed by atoms with Gasteiger partial charge in [-0.1, -0.05) is 44.2 Å². The normalized spacial score (nSPS) is 11.1. The van der Waals surface area contributed by atoms with Crippen LogP contribution in [0.2, 0.25) is 0 Å². The summed E-state index contributed by atoms with van der Waals surface area (Å²) >= 11 is 0. The van der Waals surface area contributed by atoms with E-state index in [0.717, 1.165) is 38.2 Å². The fourth-order valence-corrected chi connectivity index (χ4v) is 1.85. The smallest absolute Gasteiger partial charge is 0.243 e. The van der Waals surface area contributed by atoms with Gasteiger partial charge in [-0.2, -0.15) is 0 Å². The molecule has 0 atom stereocenters. The quantitative estimate of drug-likeness (QED) is 0.575. The van der Waals surface area contributed by atoms with Gasteiger partial charge >= 0.3 is 0 Å². The van der Waals surface area contributed by atoms with Crippen molar-refractivity contribution >= 4 is 12.0 Å². The first kappa shape index (κ1) is 15.4. The van der Waals surface area contributed by atoms with Crippen LogP contribution in [0.3, 0.4) is 0 Å². The first-order chi connectivity index (χ1) is 9.26. The molecule has 1 aromatic rings. The minimum absolute atomic E-state index is 0.0246. The molecule has 0 spiro atoms. The average Bonchev–Trinajstić information content (AvgIpc) is 2.46. The summed E-state index contributed by atoms with van der Waals surface area (Å²) in [5.41, 5.74) is 1.04. The molecule has 0 unspecified atom stereocenters. The van der Waals surface area contributed by atoms with Crippen molar-refractivity contribution in [1.82, 2.24) is 10.2 Å². The number of rotatable bonds is 8. The second kappa shape index (κ2) is 9.34. The van der Waals surface area contributed by atoms with Crippen LogP contribution in [0.4, 0.5) is 0 Å². The summed E-state index contributed by atoms with van der Waals surface area (Å²) in [7, 11) is 0. The summed E-state index contributed by atoms with van der Waals surface area (Å²) in [6, 6.07) is 9.84. The average molecular weight is 260 g/mol. The number of amides is 1. The van der Waals surface area contributed by atoms with Crippen molar-refractivity contribution in [2.45, 2.75) is 20.3 Å². The number of nitrogens with zero attached hydrogens (tertiary/aromatic N) is 1. The Morgan fingerprint density at radius 1 is 1.21 bits per heavy atom. The van der Waals surface area contributed by atoms with Crippen molar-refractivity contribution < 1.29 is 4.79 Å². The molecule has 1 aromatic carbocycles. The highest BCUT2D eigenvalue weighted by Crippen LogP contribution is 2.00.